The minimum absolute atomic E-state index is 0.0947. The topological polar surface area (TPSA) is 78.7 Å². The number of hydrogen-bond donors (Lipinski definition) is 1. The van der Waals surface area contributed by atoms with Gasteiger partial charge >= 0.3 is 0 Å². The van der Waals surface area contributed by atoms with Crippen LogP contribution in [0.25, 0.3) is 0 Å². The van der Waals surface area contributed by atoms with E-state index in [1.165, 1.54) is 0 Å². The number of carbonyl (C=O) groups is 1. The first-order valence-electron chi connectivity index (χ1n) is 7.93. The lowest BCUT2D eigenvalue weighted by Gasteiger charge is -2.23. The van der Waals surface area contributed by atoms with Gasteiger partial charge in [0.25, 0.3) is 5.69 Å². The Morgan fingerprint density at radius 2 is 2.17 bits per heavy atom. The van der Waals surface area contributed by atoms with Crippen LogP contribution >= 0.6 is 0 Å². The number of amides is 1. The van der Waals surface area contributed by atoms with Crippen LogP contribution < -0.4 is 10.2 Å². The lowest BCUT2D eigenvalue weighted by molar-refractivity contribution is -0.384. The Kier molecular flexibility index (Phi) is 6.15. The van der Waals surface area contributed by atoms with Crippen LogP contribution in [0.4, 0.5) is 11.4 Å². The van der Waals surface area contributed by atoms with E-state index in [-0.39, 0.29) is 23.1 Å². The highest BCUT2D eigenvalue weighted by Crippen LogP contribution is 2.29. The second-order valence-electron chi connectivity index (χ2n) is 5.85. The van der Waals surface area contributed by atoms with Gasteiger partial charge in [-0.25, -0.2) is 0 Å². The van der Waals surface area contributed by atoms with E-state index < -0.39 is 0 Å². The summed E-state index contributed by atoms with van der Waals surface area (Å²) in [5.74, 6) is 2.28. The summed E-state index contributed by atoms with van der Waals surface area (Å²) < 4.78 is 0. The Hall–Kier alpha value is -2.59. The maximum absolute atomic E-state index is 11.8. The third-order valence-corrected chi connectivity index (χ3v) is 4.01. The Morgan fingerprint density at radius 3 is 2.88 bits per heavy atom. The van der Waals surface area contributed by atoms with Gasteiger partial charge in [-0.1, -0.05) is 12.0 Å². The summed E-state index contributed by atoms with van der Waals surface area (Å²) >= 11 is 0. The fourth-order valence-electron chi connectivity index (χ4n) is 2.83. The Labute approximate surface area is 141 Å². The molecule has 24 heavy (non-hydrogen) atoms. The van der Waals surface area contributed by atoms with E-state index in [0.29, 0.717) is 25.3 Å². The van der Waals surface area contributed by atoms with Gasteiger partial charge in [-0.2, -0.15) is 0 Å². The van der Waals surface area contributed by atoms with Crippen molar-refractivity contribution in [1.82, 2.24) is 10.2 Å². The smallest absolute Gasteiger partial charge is 0.292 e. The predicted molar refractivity (Wildman–Crippen MR) is 92.9 cm³/mol. The molecule has 0 bridgehead atoms. The number of nitro groups is 1. The average molecular weight is 330 g/mol. The highest BCUT2D eigenvalue weighted by atomic mass is 16.6. The van der Waals surface area contributed by atoms with Gasteiger partial charge in [-0.3, -0.25) is 19.8 Å². The summed E-state index contributed by atoms with van der Waals surface area (Å²) in [5.41, 5.74) is 1.64. The van der Waals surface area contributed by atoms with Crippen LogP contribution in [0.1, 0.15) is 12.0 Å². The molecule has 1 aromatic rings. The minimum Gasteiger partial charge on any atom is -0.365 e. The maximum atomic E-state index is 11.8. The van der Waals surface area contributed by atoms with Gasteiger partial charge in [-0.05, 0) is 25.0 Å². The largest absolute Gasteiger partial charge is 0.365 e. The quantitative estimate of drug-likeness (QED) is 0.498. The van der Waals surface area contributed by atoms with Gasteiger partial charge in [0.05, 0.1) is 18.0 Å². The molecule has 1 saturated heterocycles. The first-order chi connectivity index (χ1) is 11.5. The molecule has 0 aliphatic carbocycles. The molecular weight excluding hydrogens is 308 g/mol. The molecule has 0 saturated carbocycles. The second-order valence-corrected chi connectivity index (χ2v) is 5.85. The maximum Gasteiger partial charge on any atom is 0.292 e. The van der Waals surface area contributed by atoms with Crippen molar-refractivity contribution in [2.45, 2.75) is 13.3 Å². The van der Waals surface area contributed by atoms with Gasteiger partial charge in [0.1, 0.15) is 5.69 Å². The van der Waals surface area contributed by atoms with Gasteiger partial charge < -0.3 is 10.2 Å². The van der Waals surface area contributed by atoms with E-state index in [9.17, 15) is 14.9 Å². The van der Waals surface area contributed by atoms with Crippen LogP contribution in [0.2, 0.25) is 0 Å². The van der Waals surface area contributed by atoms with E-state index in [1.54, 1.807) is 6.07 Å². The van der Waals surface area contributed by atoms with Crippen molar-refractivity contribution in [1.29, 1.82) is 0 Å². The molecule has 128 valence electrons. The van der Waals surface area contributed by atoms with E-state index in [1.807, 2.05) is 28.9 Å². The van der Waals surface area contributed by atoms with Crippen LogP contribution in [-0.4, -0.2) is 55.0 Å². The normalized spacial score (nSPS) is 15.4. The van der Waals surface area contributed by atoms with Crippen LogP contribution in [-0.2, 0) is 4.79 Å². The molecular formula is C17H22N4O3. The monoisotopic (exact) mass is 330 g/mol. The van der Waals surface area contributed by atoms with Crippen LogP contribution in [0.3, 0.4) is 0 Å². The zero-order valence-corrected chi connectivity index (χ0v) is 13.8. The molecule has 7 nitrogen and oxygen atoms in total. The Morgan fingerprint density at radius 1 is 1.38 bits per heavy atom. The predicted octanol–water partition coefficient (Wildman–Crippen LogP) is 1.16. The molecule has 0 aromatic heterocycles. The van der Waals surface area contributed by atoms with Crippen molar-refractivity contribution >= 4 is 17.3 Å². The van der Waals surface area contributed by atoms with Crippen LogP contribution in [0.15, 0.2) is 18.2 Å². The molecule has 1 fully saturated rings. The second kappa shape index (κ2) is 8.31. The summed E-state index contributed by atoms with van der Waals surface area (Å²) in [6.45, 7) is 5.20. The molecule has 0 unspecified atom stereocenters. The fourth-order valence-corrected chi connectivity index (χ4v) is 2.83. The number of terminal acetylenes is 1. The highest BCUT2D eigenvalue weighted by Gasteiger charge is 2.23. The summed E-state index contributed by atoms with van der Waals surface area (Å²) in [4.78, 5) is 26.8. The number of nitro benzene ring substituents is 1. The Bertz CT molecular complexity index is 654. The molecule has 1 aliphatic rings. The summed E-state index contributed by atoms with van der Waals surface area (Å²) in [6.07, 6.45) is 5.97. The number of aryl methyl sites for hydroxylation is 1. The van der Waals surface area contributed by atoms with Gasteiger partial charge in [0.15, 0.2) is 0 Å². The van der Waals surface area contributed by atoms with Crippen molar-refractivity contribution in [3.63, 3.8) is 0 Å². The number of benzene rings is 1. The third-order valence-electron chi connectivity index (χ3n) is 4.01. The number of nitrogens with zero attached hydrogens (tertiary/aromatic N) is 3. The summed E-state index contributed by atoms with van der Waals surface area (Å²) in [6, 6.07) is 5.30. The van der Waals surface area contributed by atoms with Crippen molar-refractivity contribution in [2.75, 3.05) is 44.2 Å². The highest BCUT2D eigenvalue weighted by molar-refractivity contribution is 5.78. The number of anilines is 1. The molecule has 1 aliphatic heterocycles. The molecule has 1 N–H and O–H groups in total. The first kappa shape index (κ1) is 17.8. The van der Waals surface area contributed by atoms with E-state index in [2.05, 4.69) is 11.2 Å². The van der Waals surface area contributed by atoms with Crippen molar-refractivity contribution < 1.29 is 9.72 Å². The first-order valence-corrected chi connectivity index (χ1v) is 7.93. The SMILES string of the molecule is C#CCNC(=O)CN1CCCN(c2ccc(C)cc2[N+](=O)[O-])CC1. The molecule has 1 amide bonds. The van der Waals surface area contributed by atoms with E-state index in [4.69, 9.17) is 6.42 Å². The van der Waals surface area contributed by atoms with Gasteiger partial charge in [0.2, 0.25) is 5.91 Å². The molecule has 1 aromatic carbocycles. The third kappa shape index (κ3) is 4.70. The number of nitrogens with one attached hydrogen (secondary N) is 1. The zero-order valence-electron chi connectivity index (χ0n) is 13.8. The number of hydrogen-bond acceptors (Lipinski definition) is 5. The molecule has 0 atom stereocenters. The molecule has 0 radical (unpaired) electrons. The molecule has 7 heteroatoms. The standard InChI is InChI=1S/C17H22N4O3/c1-3-7-18-17(22)13-19-8-4-9-20(11-10-19)15-6-5-14(2)12-16(15)21(23)24/h1,5-6,12H,4,7-11,13H2,2H3,(H,18,22). The summed E-state index contributed by atoms with van der Waals surface area (Å²) in [5, 5.41) is 14.0. The van der Waals surface area contributed by atoms with E-state index in [0.717, 1.165) is 25.1 Å². The average Bonchev–Trinajstić information content (AvgIpc) is 2.78. The number of rotatable bonds is 5. The molecule has 0 spiro atoms. The minimum atomic E-state index is -0.335. The van der Waals surface area contributed by atoms with Crippen LogP contribution in [0.5, 0.6) is 0 Å². The van der Waals surface area contributed by atoms with Crippen LogP contribution in [0, 0.1) is 29.4 Å². The molecule has 2 rings (SSSR count). The lowest BCUT2D eigenvalue weighted by atomic mass is 10.1. The van der Waals surface area contributed by atoms with E-state index >= 15 is 0 Å². The van der Waals surface area contributed by atoms with Gasteiger partial charge in [0, 0.05) is 32.2 Å². The summed E-state index contributed by atoms with van der Waals surface area (Å²) in [7, 11) is 0. The van der Waals surface area contributed by atoms with Crippen molar-refractivity contribution in [3.8, 4) is 12.3 Å². The fraction of sp³-hybridized carbons (Fsp3) is 0.471. The molecule has 1 heterocycles. The van der Waals surface area contributed by atoms with Gasteiger partial charge in [-0.15, -0.1) is 6.42 Å². The van der Waals surface area contributed by atoms with Crippen molar-refractivity contribution in [2.24, 2.45) is 0 Å². The lowest BCUT2D eigenvalue weighted by Crippen LogP contribution is -2.39. The van der Waals surface area contributed by atoms with Crippen molar-refractivity contribution in [3.05, 3.63) is 33.9 Å². The number of carbonyl (C=O) groups excluding carboxylic acids is 1. The Balaban J connectivity index is 2.02. The zero-order chi connectivity index (χ0) is 17.5.